The largest absolute Gasteiger partial charge is 0.341 e. The van der Waals surface area contributed by atoms with E-state index in [9.17, 15) is 9.59 Å². The molecule has 1 saturated carbocycles. The molecule has 2 aliphatic rings. The van der Waals surface area contributed by atoms with E-state index in [1.54, 1.807) is 6.20 Å². The van der Waals surface area contributed by atoms with Crippen LogP contribution in [0.4, 0.5) is 5.82 Å². The van der Waals surface area contributed by atoms with Crippen LogP contribution >= 0.6 is 0 Å². The number of likely N-dealkylation sites (tertiary alicyclic amines) is 1. The molecule has 2 fully saturated rings. The Morgan fingerprint density at radius 2 is 2.00 bits per heavy atom. The molecule has 0 atom stereocenters. The number of rotatable bonds is 4. The van der Waals surface area contributed by atoms with Gasteiger partial charge >= 0.3 is 0 Å². The van der Waals surface area contributed by atoms with Gasteiger partial charge in [-0.1, -0.05) is 11.6 Å². The van der Waals surface area contributed by atoms with Crippen molar-refractivity contribution < 1.29 is 9.59 Å². The first-order valence-corrected chi connectivity index (χ1v) is 7.21. The molecule has 1 aliphatic carbocycles. The molecule has 20 heavy (non-hydrogen) atoms. The molecule has 7 heteroatoms. The SMILES string of the molecule is O=C(Nc1cn(CC(=O)N2CCCC2)nn1)C1CCC1. The van der Waals surface area contributed by atoms with E-state index in [2.05, 4.69) is 15.6 Å². The zero-order valence-corrected chi connectivity index (χ0v) is 11.4. The van der Waals surface area contributed by atoms with Gasteiger partial charge in [0.15, 0.2) is 5.82 Å². The van der Waals surface area contributed by atoms with Crippen molar-refractivity contribution in [3.63, 3.8) is 0 Å². The Labute approximate surface area is 117 Å². The fourth-order valence-electron chi connectivity index (χ4n) is 2.54. The smallest absolute Gasteiger partial charge is 0.244 e. The average Bonchev–Trinajstić information content (AvgIpc) is 2.97. The van der Waals surface area contributed by atoms with Gasteiger partial charge in [-0.15, -0.1) is 5.10 Å². The normalized spacial score (nSPS) is 18.9. The van der Waals surface area contributed by atoms with E-state index in [0.717, 1.165) is 45.2 Å². The van der Waals surface area contributed by atoms with Crippen LogP contribution in [0.5, 0.6) is 0 Å². The van der Waals surface area contributed by atoms with E-state index >= 15 is 0 Å². The van der Waals surface area contributed by atoms with Gasteiger partial charge in [0.05, 0.1) is 6.20 Å². The van der Waals surface area contributed by atoms with Gasteiger partial charge in [-0.3, -0.25) is 9.59 Å². The first-order valence-electron chi connectivity index (χ1n) is 7.21. The first kappa shape index (κ1) is 13.1. The number of hydrogen-bond acceptors (Lipinski definition) is 4. The Bertz CT molecular complexity index is 503. The second-order valence-electron chi connectivity index (χ2n) is 5.51. The molecule has 3 rings (SSSR count). The lowest BCUT2D eigenvalue weighted by Crippen LogP contribution is -2.31. The Morgan fingerprint density at radius 3 is 2.65 bits per heavy atom. The van der Waals surface area contributed by atoms with Crippen molar-refractivity contribution in [2.75, 3.05) is 18.4 Å². The minimum absolute atomic E-state index is 0.00849. The summed E-state index contributed by atoms with van der Waals surface area (Å²) >= 11 is 0. The van der Waals surface area contributed by atoms with Crippen LogP contribution in [0.3, 0.4) is 0 Å². The van der Waals surface area contributed by atoms with Crippen molar-refractivity contribution in [3.05, 3.63) is 6.20 Å². The molecule has 0 unspecified atom stereocenters. The van der Waals surface area contributed by atoms with Crippen LogP contribution in [0.2, 0.25) is 0 Å². The number of aromatic nitrogens is 3. The Morgan fingerprint density at radius 1 is 1.25 bits per heavy atom. The van der Waals surface area contributed by atoms with E-state index in [4.69, 9.17) is 0 Å². The molecule has 7 nitrogen and oxygen atoms in total. The van der Waals surface area contributed by atoms with Crippen molar-refractivity contribution in [1.82, 2.24) is 19.9 Å². The lowest BCUT2D eigenvalue weighted by atomic mass is 9.85. The maximum atomic E-state index is 12.0. The minimum Gasteiger partial charge on any atom is -0.341 e. The number of hydrogen-bond donors (Lipinski definition) is 1. The highest BCUT2D eigenvalue weighted by atomic mass is 16.2. The van der Waals surface area contributed by atoms with Crippen LogP contribution in [0.15, 0.2) is 6.20 Å². The fourth-order valence-corrected chi connectivity index (χ4v) is 2.54. The van der Waals surface area contributed by atoms with Crippen LogP contribution in [0.1, 0.15) is 32.1 Å². The van der Waals surface area contributed by atoms with Gasteiger partial charge < -0.3 is 10.2 Å². The van der Waals surface area contributed by atoms with Crippen LogP contribution < -0.4 is 5.32 Å². The molecule has 2 amide bonds. The molecule has 2 heterocycles. The van der Waals surface area contributed by atoms with Crippen LogP contribution in [0.25, 0.3) is 0 Å². The summed E-state index contributed by atoms with van der Waals surface area (Å²) in [5.74, 6) is 0.612. The summed E-state index contributed by atoms with van der Waals surface area (Å²) in [4.78, 5) is 25.6. The van der Waals surface area contributed by atoms with Gasteiger partial charge in [0.1, 0.15) is 6.54 Å². The number of nitrogens with zero attached hydrogens (tertiary/aromatic N) is 4. The van der Waals surface area contributed by atoms with Gasteiger partial charge in [0.25, 0.3) is 0 Å². The molecule has 1 N–H and O–H groups in total. The van der Waals surface area contributed by atoms with E-state index in [1.807, 2.05) is 4.90 Å². The third kappa shape index (κ3) is 2.81. The Hall–Kier alpha value is -1.92. The predicted molar refractivity (Wildman–Crippen MR) is 71.8 cm³/mol. The maximum absolute atomic E-state index is 12.0. The molecule has 1 saturated heterocycles. The molecule has 0 aromatic carbocycles. The van der Waals surface area contributed by atoms with Crippen molar-refractivity contribution in [2.45, 2.75) is 38.6 Å². The predicted octanol–water partition coefficient (Wildman–Crippen LogP) is 0.639. The van der Waals surface area contributed by atoms with Crippen molar-refractivity contribution in [2.24, 2.45) is 5.92 Å². The third-order valence-electron chi connectivity index (χ3n) is 4.02. The summed E-state index contributed by atoms with van der Waals surface area (Å²) in [6.45, 7) is 1.85. The molecule has 1 aromatic heterocycles. The van der Waals surface area contributed by atoms with E-state index in [-0.39, 0.29) is 24.3 Å². The average molecular weight is 277 g/mol. The number of nitrogens with one attached hydrogen (secondary N) is 1. The van der Waals surface area contributed by atoms with Crippen LogP contribution in [0, 0.1) is 5.92 Å². The van der Waals surface area contributed by atoms with Crippen molar-refractivity contribution in [3.8, 4) is 0 Å². The van der Waals surface area contributed by atoms with E-state index < -0.39 is 0 Å². The zero-order chi connectivity index (χ0) is 13.9. The van der Waals surface area contributed by atoms with Crippen molar-refractivity contribution in [1.29, 1.82) is 0 Å². The second-order valence-corrected chi connectivity index (χ2v) is 5.51. The molecule has 0 bridgehead atoms. The number of carbonyl (C=O) groups is 2. The summed E-state index contributed by atoms with van der Waals surface area (Å²) in [5, 5.41) is 10.5. The van der Waals surface area contributed by atoms with Crippen LogP contribution in [-0.2, 0) is 16.1 Å². The summed E-state index contributed by atoms with van der Waals surface area (Å²) in [5.41, 5.74) is 0. The minimum atomic E-state index is 0.00849. The quantitative estimate of drug-likeness (QED) is 0.875. The molecule has 0 spiro atoms. The monoisotopic (exact) mass is 277 g/mol. The van der Waals surface area contributed by atoms with Crippen LogP contribution in [-0.4, -0.2) is 44.8 Å². The highest BCUT2D eigenvalue weighted by molar-refractivity contribution is 5.92. The standard InChI is InChI=1S/C13H19N5O2/c19-12(17-6-1-2-7-17)9-18-8-11(15-16-18)14-13(20)10-4-3-5-10/h8,10H,1-7,9H2,(H,14,20). The number of carbonyl (C=O) groups excluding carboxylic acids is 2. The Kier molecular flexibility index (Phi) is 3.66. The molecule has 0 radical (unpaired) electrons. The number of amides is 2. The van der Waals surface area contributed by atoms with Gasteiger partial charge in [-0.2, -0.15) is 0 Å². The first-order chi connectivity index (χ1) is 9.72. The highest BCUT2D eigenvalue weighted by Crippen LogP contribution is 2.27. The summed E-state index contributed by atoms with van der Waals surface area (Å²) in [6.07, 6.45) is 6.79. The molecule has 1 aliphatic heterocycles. The summed E-state index contributed by atoms with van der Waals surface area (Å²) < 4.78 is 1.48. The molecule has 108 valence electrons. The molecular weight excluding hydrogens is 258 g/mol. The lowest BCUT2D eigenvalue weighted by Gasteiger charge is -2.23. The Balaban J connectivity index is 1.53. The van der Waals surface area contributed by atoms with Gasteiger partial charge in [-0.25, -0.2) is 4.68 Å². The van der Waals surface area contributed by atoms with Gasteiger partial charge in [0, 0.05) is 19.0 Å². The molecule has 1 aromatic rings. The maximum Gasteiger partial charge on any atom is 0.244 e. The highest BCUT2D eigenvalue weighted by Gasteiger charge is 2.26. The lowest BCUT2D eigenvalue weighted by molar-refractivity contribution is -0.131. The second kappa shape index (κ2) is 5.60. The fraction of sp³-hybridized carbons (Fsp3) is 0.692. The number of anilines is 1. The van der Waals surface area contributed by atoms with E-state index in [0.29, 0.717) is 5.82 Å². The van der Waals surface area contributed by atoms with Gasteiger partial charge in [0.2, 0.25) is 11.8 Å². The summed E-state index contributed by atoms with van der Waals surface area (Å²) in [7, 11) is 0. The summed E-state index contributed by atoms with van der Waals surface area (Å²) in [6, 6.07) is 0. The third-order valence-corrected chi connectivity index (χ3v) is 4.02. The topological polar surface area (TPSA) is 80.1 Å². The van der Waals surface area contributed by atoms with E-state index in [1.165, 1.54) is 4.68 Å². The zero-order valence-electron chi connectivity index (χ0n) is 11.4. The van der Waals surface area contributed by atoms with Crippen molar-refractivity contribution >= 4 is 17.6 Å². The molecular formula is C13H19N5O2. The van der Waals surface area contributed by atoms with Gasteiger partial charge in [-0.05, 0) is 25.7 Å².